The topological polar surface area (TPSA) is 75.9 Å². The highest BCUT2D eigenvalue weighted by atomic mass is 19.4. The van der Waals surface area contributed by atoms with E-state index in [9.17, 15) is 18.0 Å². The van der Waals surface area contributed by atoms with Crippen molar-refractivity contribution in [3.63, 3.8) is 0 Å². The van der Waals surface area contributed by atoms with Crippen molar-refractivity contribution in [2.45, 2.75) is 44.8 Å². The van der Waals surface area contributed by atoms with Crippen molar-refractivity contribution in [2.24, 2.45) is 0 Å². The summed E-state index contributed by atoms with van der Waals surface area (Å²) in [6, 6.07) is 9.49. The van der Waals surface area contributed by atoms with Crippen LogP contribution in [0.15, 0.2) is 48.9 Å². The summed E-state index contributed by atoms with van der Waals surface area (Å²) >= 11 is 0. The second-order valence-electron chi connectivity index (χ2n) is 8.11. The maximum absolute atomic E-state index is 13.5. The van der Waals surface area contributed by atoms with Gasteiger partial charge in [-0.2, -0.15) is 18.3 Å². The van der Waals surface area contributed by atoms with E-state index >= 15 is 0 Å². The number of amides is 1. The maximum atomic E-state index is 13.5. The van der Waals surface area contributed by atoms with Gasteiger partial charge in [-0.15, -0.1) is 0 Å². The highest BCUT2D eigenvalue weighted by molar-refractivity contribution is 5.73. The van der Waals surface area contributed by atoms with Crippen LogP contribution in [0.3, 0.4) is 0 Å². The number of carbonyl (C=O) groups excluding carboxylic acids is 1. The van der Waals surface area contributed by atoms with Crippen molar-refractivity contribution in [1.82, 2.24) is 24.6 Å². The molecular formula is C23H25F3N6O. The van der Waals surface area contributed by atoms with E-state index in [1.807, 2.05) is 39.9 Å². The Morgan fingerprint density at radius 3 is 2.52 bits per heavy atom. The number of hydrogen-bond donors (Lipinski definition) is 1. The molecule has 0 radical (unpaired) electrons. The van der Waals surface area contributed by atoms with Crippen LogP contribution in [-0.4, -0.2) is 43.6 Å². The Kier molecular flexibility index (Phi) is 6.62. The first-order valence-corrected chi connectivity index (χ1v) is 10.8. The van der Waals surface area contributed by atoms with Gasteiger partial charge in [0.05, 0.1) is 29.2 Å². The molecule has 3 aromatic rings. The van der Waals surface area contributed by atoms with E-state index in [1.54, 1.807) is 19.3 Å². The number of nitrogens with one attached hydrogen (secondary N) is 1. The second kappa shape index (κ2) is 9.60. The second-order valence-corrected chi connectivity index (χ2v) is 8.11. The molecule has 33 heavy (non-hydrogen) atoms. The smallest absolute Gasteiger partial charge is 0.343 e. The lowest BCUT2D eigenvalue weighted by atomic mass is 10.1. The van der Waals surface area contributed by atoms with Gasteiger partial charge >= 0.3 is 6.18 Å². The predicted octanol–water partition coefficient (Wildman–Crippen LogP) is 4.40. The average Bonchev–Trinajstić information content (AvgIpc) is 3.26. The molecule has 1 aromatic carbocycles. The van der Waals surface area contributed by atoms with Crippen LogP contribution in [0.4, 0.5) is 24.8 Å². The molecule has 1 aliphatic heterocycles. The van der Waals surface area contributed by atoms with E-state index in [1.165, 1.54) is 0 Å². The fourth-order valence-electron chi connectivity index (χ4n) is 3.99. The van der Waals surface area contributed by atoms with Gasteiger partial charge in [0.15, 0.2) is 0 Å². The van der Waals surface area contributed by atoms with E-state index in [0.29, 0.717) is 25.2 Å². The fraction of sp³-hybridized carbons (Fsp3) is 0.391. The highest BCUT2D eigenvalue weighted by Crippen LogP contribution is 2.32. The van der Waals surface area contributed by atoms with Crippen LogP contribution in [-0.2, 0) is 23.8 Å². The van der Waals surface area contributed by atoms with Gasteiger partial charge in [0, 0.05) is 32.4 Å². The number of halogens is 3. The number of piperidine rings is 1. The lowest BCUT2D eigenvalue weighted by Gasteiger charge is -2.31. The summed E-state index contributed by atoms with van der Waals surface area (Å²) in [5.41, 5.74) is 0.665. The van der Waals surface area contributed by atoms with E-state index in [0.717, 1.165) is 24.6 Å². The minimum absolute atomic E-state index is 0.0483. The number of aryl methyl sites for hydroxylation is 2. The number of benzene rings is 1. The minimum Gasteiger partial charge on any atom is -0.343 e. The van der Waals surface area contributed by atoms with Gasteiger partial charge in [-0.3, -0.25) is 9.48 Å². The molecule has 174 valence electrons. The number of rotatable bonds is 6. The number of carbonyl (C=O) groups is 1. The third-order valence-electron chi connectivity index (χ3n) is 5.81. The summed E-state index contributed by atoms with van der Waals surface area (Å²) in [5, 5.41) is 7.35. The number of alkyl halides is 3. The molecule has 0 atom stereocenters. The summed E-state index contributed by atoms with van der Waals surface area (Å²) < 4.78 is 42.3. The van der Waals surface area contributed by atoms with Crippen LogP contribution < -0.4 is 5.32 Å². The first kappa shape index (κ1) is 22.8. The van der Waals surface area contributed by atoms with Crippen molar-refractivity contribution < 1.29 is 18.0 Å². The molecule has 0 bridgehead atoms. The van der Waals surface area contributed by atoms with Gasteiger partial charge in [0.1, 0.15) is 0 Å². The zero-order valence-corrected chi connectivity index (χ0v) is 18.2. The van der Waals surface area contributed by atoms with Crippen LogP contribution in [0.5, 0.6) is 0 Å². The van der Waals surface area contributed by atoms with Crippen molar-refractivity contribution in [2.75, 3.05) is 18.4 Å². The Morgan fingerprint density at radius 1 is 1.12 bits per heavy atom. The van der Waals surface area contributed by atoms with E-state index in [-0.39, 0.29) is 30.0 Å². The Bertz CT molecular complexity index is 1090. The van der Waals surface area contributed by atoms with Crippen molar-refractivity contribution in [3.8, 4) is 0 Å². The number of anilines is 2. The molecule has 0 unspecified atom stereocenters. The molecule has 10 heteroatoms. The normalized spacial score (nSPS) is 15.0. The molecule has 2 aromatic heterocycles. The first-order valence-electron chi connectivity index (χ1n) is 10.8. The fourth-order valence-corrected chi connectivity index (χ4v) is 3.99. The molecule has 1 saturated heterocycles. The Balaban J connectivity index is 1.46. The molecule has 1 amide bonds. The van der Waals surface area contributed by atoms with Gasteiger partial charge in [0.2, 0.25) is 11.9 Å². The number of nitrogens with zero attached hydrogens (tertiary/aromatic N) is 5. The van der Waals surface area contributed by atoms with Gasteiger partial charge in [-0.1, -0.05) is 30.3 Å². The minimum atomic E-state index is -4.52. The van der Waals surface area contributed by atoms with Crippen molar-refractivity contribution in [1.29, 1.82) is 0 Å². The predicted molar refractivity (Wildman–Crippen MR) is 117 cm³/mol. The number of likely N-dealkylation sites (tertiary alicyclic amines) is 1. The summed E-state index contributed by atoms with van der Waals surface area (Å²) in [6.07, 6.45) is 1.87. The standard InChI is InChI=1S/C23H25F3N6O/c1-16(33)31-11-9-19(10-12-31)32-15-18(13-28-32)29-22-27-14-20(23(24,25)26)21(30-22)8-7-17-5-3-2-4-6-17/h2-6,13-15,19H,7-12H2,1H3,(H,27,29,30). The van der Waals surface area contributed by atoms with E-state index in [2.05, 4.69) is 20.4 Å². The van der Waals surface area contributed by atoms with Crippen LogP contribution in [0.2, 0.25) is 0 Å². The van der Waals surface area contributed by atoms with Gasteiger partial charge in [-0.25, -0.2) is 9.97 Å². The Hall–Kier alpha value is -3.43. The zero-order chi connectivity index (χ0) is 23.4. The van der Waals surface area contributed by atoms with Crippen LogP contribution in [0, 0.1) is 0 Å². The van der Waals surface area contributed by atoms with Crippen molar-refractivity contribution in [3.05, 3.63) is 65.7 Å². The molecule has 1 aliphatic rings. The first-order chi connectivity index (χ1) is 15.8. The Labute approximate surface area is 189 Å². The molecule has 7 nitrogen and oxygen atoms in total. The maximum Gasteiger partial charge on any atom is 0.419 e. The average molecular weight is 458 g/mol. The van der Waals surface area contributed by atoms with E-state index in [4.69, 9.17) is 0 Å². The largest absolute Gasteiger partial charge is 0.419 e. The van der Waals surface area contributed by atoms with E-state index < -0.39 is 11.7 Å². The highest BCUT2D eigenvalue weighted by Gasteiger charge is 2.34. The van der Waals surface area contributed by atoms with Crippen LogP contribution >= 0.6 is 0 Å². The molecule has 0 spiro atoms. The lowest BCUT2D eigenvalue weighted by molar-refractivity contribution is -0.138. The third kappa shape index (κ3) is 5.68. The third-order valence-corrected chi connectivity index (χ3v) is 5.81. The molecule has 0 saturated carbocycles. The van der Waals surface area contributed by atoms with Gasteiger partial charge in [0.25, 0.3) is 0 Å². The summed E-state index contributed by atoms with van der Waals surface area (Å²) in [5.74, 6) is 0.163. The summed E-state index contributed by atoms with van der Waals surface area (Å²) in [4.78, 5) is 21.4. The molecular weight excluding hydrogens is 433 g/mol. The van der Waals surface area contributed by atoms with Crippen LogP contribution in [0.25, 0.3) is 0 Å². The van der Waals surface area contributed by atoms with Crippen molar-refractivity contribution >= 4 is 17.5 Å². The molecule has 1 N–H and O–H groups in total. The number of aromatic nitrogens is 4. The monoisotopic (exact) mass is 458 g/mol. The number of hydrogen-bond acceptors (Lipinski definition) is 5. The molecule has 0 aliphatic carbocycles. The van der Waals surface area contributed by atoms with Gasteiger partial charge in [-0.05, 0) is 31.2 Å². The summed E-state index contributed by atoms with van der Waals surface area (Å²) in [7, 11) is 0. The summed E-state index contributed by atoms with van der Waals surface area (Å²) in [6.45, 7) is 2.92. The SMILES string of the molecule is CC(=O)N1CCC(n2cc(Nc3ncc(C(F)(F)F)c(CCc4ccccc4)n3)cn2)CC1. The zero-order valence-electron chi connectivity index (χ0n) is 18.2. The molecule has 1 fully saturated rings. The molecule has 4 rings (SSSR count). The lowest BCUT2D eigenvalue weighted by Crippen LogP contribution is -2.37. The molecule has 3 heterocycles. The van der Waals surface area contributed by atoms with Crippen LogP contribution in [0.1, 0.15) is 42.6 Å². The van der Waals surface area contributed by atoms with Gasteiger partial charge < -0.3 is 10.2 Å². The Morgan fingerprint density at radius 2 is 1.85 bits per heavy atom. The quantitative estimate of drug-likeness (QED) is 0.593.